The van der Waals surface area contributed by atoms with Gasteiger partial charge in [-0.1, -0.05) is 52.3 Å². The van der Waals surface area contributed by atoms with E-state index in [0.717, 1.165) is 21.2 Å². The van der Waals surface area contributed by atoms with E-state index < -0.39 is 0 Å². The Morgan fingerprint density at radius 2 is 1.81 bits per heavy atom. The van der Waals surface area contributed by atoms with E-state index in [0.29, 0.717) is 6.54 Å². The Morgan fingerprint density at radius 3 is 2.38 bits per heavy atom. The second kappa shape index (κ2) is 6.90. The van der Waals surface area contributed by atoms with Gasteiger partial charge in [-0.15, -0.1) is 0 Å². The van der Waals surface area contributed by atoms with Crippen LogP contribution in [0.4, 0.5) is 0 Å². The Balaban J connectivity index is 2.25. The van der Waals surface area contributed by atoms with Crippen molar-refractivity contribution in [1.29, 1.82) is 0 Å². The van der Waals surface area contributed by atoms with Crippen molar-refractivity contribution in [2.24, 2.45) is 0 Å². The summed E-state index contributed by atoms with van der Waals surface area (Å²) in [5.74, 6) is 0.0644. The normalized spacial score (nSPS) is 10.7. The van der Waals surface area contributed by atoms with Gasteiger partial charge >= 0.3 is 0 Å². The quantitative estimate of drug-likeness (QED) is 0.778. The molecule has 2 aromatic carbocycles. The molecule has 0 saturated carbocycles. The van der Waals surface area contributed by atoms with E-state index in [1.54, 1.807) is 0 Å². The minimum atomic E-state index is 0.0644. The van der Waals surface area contributed by atoms with E-state index in [4.69, 9.17) is 0 Å². The van der Waals surface area contributed by atoms with Crippen molar-refractivity contribution in [2.75, 3.05) is 0 Å². The molecule has 0 N–H and O–H groups in total. The van der Waals surface area contributed by atoms with Crippen molar-refractivity contribution in [3.8, 4) is 0 Å². The highest BCUT2D eigenvalue weighted by molar-refractivity contribution is 9.10. The first-order valence-corrected chi connectivity index (χ1v) is 7.89. The van der Waals surface area contributed by atoms with Gasteiger partial charge in [-0.25, -0.2) is 0 Å². The highest BCUT2D eigenvalue weighted by Crippen LogP contribution is 2.20. The zero-order chi connectivity index (χ0) is 15.4. The van der Waals surface area contributed by atoms with Gasteiger partial charge < -0.3 is 4.90 Å². The number of halogens is 1. The SMILES string of the molecule is Cc1ccc(C(=O)N(Cc2ccccc2)C(C)C)cc1Br. The molecule has 0 atom stereocenters. The van der Waals surface area contributed by atoms with Crippen LogP contribution in [0.1, 0.15) is 35.3 Å². The summed E-state index contributed by atoms with van der Waals surface area (Å²) in [4.78, 5) is 14.7. The molecular formula is C18H20BrNO. The lowest BCUT2D eigenvalue weighted by Gasteiger charge is -2.27. The third kappa shape index (κ3) is 3.94. The maximum absolute atomic E-state index is 12.8. The molecule has 0 spiro atoms. The van der Waals surface area contributed by atoms with E-state index >= 15 is 0 Å². The van der Waals surface area contributed by atoms with Gasteiger partial charge in [0.1, 0.15) is 0 Å². The Hall–Kier alpha value is -1.61. The third-order valence-corrected chi connectivity index (χ3v) is 4.35. The van der Waals surface area contributed by atoms with E-state index in [9.17, 15) is 4.79 Å². The molecule has 1 amide bonds. The van der Waals surface area contributed by atoms with Crippen molar-refractivity contribution in [2.45, 2.75) is 33.4 Å². The molecule has 0 fully saturated rings. The van der Waals surface area contributed by atoms with Crippen LogP contribution in [-0.2, 0) is 6.54 Å². The second-order valence-corrected chi connectivity index (χ2v) is 6.33. The zero-order valence-corrected chi connectivity index (χ0v) is 14.2. The summed E-state index contributed by atoms with van der Waals surface area (Å²) in [6, 6.07) is 16.0. The number of amides is 1. The summed E-state index contributed by atoms with van der Waals surface area (Å²) >= 11 is 3.50. The zero-order valence-electron chi connectivity index (χ0n) is 12.6. The van der Waals surface area contributed by atoms with Gasteiger partial charge in [0.05, 0.1) is 0 Å². The van der Waals surface area contributed by atoms with Gasteiger partial charge in [0.15, 0.2) is 0 Å². The van der Waals surface area contributed by atoms with Gasteiger partial charge in [0.25, 0.3) is 5.91 Å². The number of benzene rings is 2. The van der Waals surface area contributed by atoms with Crippen molar-refractivity contribution >= 4 is 21.8 Å². The fourth-order valence-electron chi connectivity index (χ4n) is 2.16. The lowest BCUT2D eigenvalue weighted by atomic mass is 10.1. The van der Waals surface area contributed by atoms with Crippen LogP contribution in [0, 0.1) is 6.92 Å². The Labute approximate surface area is 134 Å². The minimum absolute atomic E-state index is 0.0644. The van der Waals surface area contributed by atoms with Gasteiger partial charge in [0, 0.05) is 22.6 Å². The van der Waals surface area contributed by atoms with Crippen LogP contribution in [-0.4, -0.2) is 16.8 Å². The van der Waals surface area contributed by atoms with E-state index in [-0.39, 0.29) is 11.9 Å². The lowest BCUT2D eigenvalue weighted by molar-refractivity contribution is 0.0690. The Bertz CT molecular complexity index is 622. The van der Waals surface area contributed by atoms with Crippen molar-refractivity contribution < 1.29 is 4.79 Å². The molecule has 0 bridgehead atoms. The fourth-order valence-corrected chi connectivity index (χ4v) is 2.54. The van der Waals surface area contributed by atoms with Crippen molar-refractivity contribution in [3.63, 3.8) is 0 Å². The van der Waals surface area contributed by atoms with Crippen LogP contribution in [0.2, 0.25) is 0 Å². The molecule has 2 aromatic rings. The van der Waals surface area contributed by atoms with E-state index in [2.05, 4.69) is 15.9 Å². The van der Waals surface area contributed by atoms with Crippen LogP contribution in [0.15, 0.2) is 53.0 Å². The first-order valence-electron chi connectivity index (χ1n) is 7.10. The van der Waals surface area contributed by atoms with E-state index in [1.807, 2.05) is 74.2 Å². The molecule has 2 nitrogen and oxygen atoms in total. The molecule has 0 saturated heterocycles. The predicted molar refractivity (Wildman–Crippen MR) is 90.3 cm³/mol. The highest BCUT2D eigenvalue weighted by atomic mass is 79.9. The average molecular weight is 346 g/mol. The van der Waals surface area contributed by atoms with Gasteiger partial charge in [0.2, 0.25) is 0 Å². The molecule has 0 aliphatic rings. The maximum atomic E-state index is 12.8. The number of aryl methyl sites for hydroxylation is 1. The molecule has 2 rings (SSSR count). The van der Waals surface area contributed by atoms with Crippen molar-refractivity contribution in [3.05, 3.63) is 69.7 Å². The summed E-state index contributed by atoms with van der Waals surface area (Å²) in [6.45, 7) is 6.74. The third-order valence-electron chi connectivity index (χ3n) is 3.50. The van der Waals surface area contributed by atoms with Crippen molar-refractivity contribution in [1.82, 2.24) is 4.90 Å². The molecule has 0 unspecified atom stereocenters. The van der Waals surface area contributed by atoms with Crippen LogP contribution < -0.4 is 0 Å². The molecule has 3 heteroatoms. The highest BCUT2D eigenvalue weighted by Gasteiger charge is 2.19. The van der Waals surface area contributed by atoms with Crippen LogP contribution in [0.25, 0.3) is 0 Å². The number of carbonyl (C=O) groups is 1. The first-order chi connectivity index (χ1) is 9.99. The number of rotatable bonds is 4. The summed E-state index contributed by atoms with van der Waals surface area (Å²) in [7, 11) is 0. The van der Waals surface area contributed by atoms with Gasteiger partial charge in [-0.2, -0.15) is 0 Å². The number of hydrogen-bond acceptors (Lipinski definition) is 1. The topological polar surface area (TPSA) is 20.3 Å². The van der Waals surface area contributed by atoms with E-state index in [1.165, 1.54) is 0 Å². The molecule has 0 radical (unpaired) electrons. The molecule has 0 aromatic heterocycles. The molecular weight excluding hydrogens is 326 g/mol. The summed E-state index contributed by atoms with van der Waals surface area (Å²) in [5.41, 5.74) is 2.99. The average Bonchev–Trinajstić information content (AvgIpc) is 2.47. The molecule has 0 heterocycles. The predicted octanol–water partition coefficient (Wildman–Crippen LogP) is 4.81. The minimum Gasteiger partial charge on any atom is -0.332 e. The lowest BCUT2D eigenvalue weighted by Crippen LogP contribution is -2.36. The van der Waals surface area contributed by atoms with Crippen LogP contribution in [0.3, 0.4) is 0 Å². The largest absolute Gasteiger partial charge is 0.332 e. The molecule has 0 aliphatic heterocycles. The molecule has 110 valence electrons. The smallest absolute Gasteiger partial charge is 0.254 e. The molecule has 0 aliphatic carbocycles. The maximum Gasteiger partial charge on any atom is 0.254 e. The first kappa shape index (κ1) is 15.8. The fraction of sp³-hybridized carbons (Fsp3) is 0.278. The number of hydrogen-bond donors (Lipinski definition) is 0. The summed E-state index contributed by atoms with van der Waals surface area (Å²) in [5, 5.41) is 0. The Morgan fingerprint density at radius 1 is 1.14 bits per heavy atom. The number of nitrogens with zero attached hydrogens (tertiary/aromatic N) is 1. The summed E-state index contributed by atoms with van der Waals surface area (Å²) in [6.07, 6.45) is 0. The van der Waals surface area contributed by atoms with Gasteiger partial charge in [-0.05, 0) is 44.0 Å². The monoisotopic (exact) mass is 345 g/mol. The van der Waals surface area contributed by atoms with Gasteiger partial charge in [-0.3, -0.25) is 4.79 Å². The van der Waals surface area contributed by atoms with Crippen LogP contribution >= 0.6 is 15.9 Å². The standard InChI is InChI=1S/C18H20BrNO/c1-13(2)20(12-15-7-5-4-6-8-15)18(21)16-10-9-14(3)17(19)11-16/h4-11,13H,12H2,1-3H3. The number of carbonyl (C=O) groups excluding carboxylic acids is 1. The summed E-state index contributed by atoms with van der Waals surface area (Å²) < 4.78 is 0.969. The Kier molecular flexibility index (Phi) is 5.18. The second-order valence-electron chi connectivity index (χ2n) is 5.48. The van der Waals surface area contributed by atoms with Crippen LogP contribution in [0.5, 0.6) is 0 Å². The molecule has 21 heavy (non-hydrogen) atoms.